The summed E-state index contributed by atoms with van der Waals surface area (Å²) in [5, 5.41) is 45.8. The highest BCUT2D eigenvalue weighted by molar-refractivity contribution is 7.52. The zero-order valence-electron chi connectivity index (χ0n) is 79.4. The van der Waals surface area contributed by atoms with Gasteiger partial charge in [0.25, 0.3) is 45.9 Å². The summed E-state index contributed by atoms with van der Waals surface area (Å²) in [6.45, 7) is 26.0. The average Bonchev–Trinajstić information content (AvgIpc) is 0.787. The fourth-order valence-corrected chi connectivity index (χ4v) is 13.3. The van der Waals surface area contributed by atoms with E-state index in [1.807, 2.05) is 34.7 Å². The lowest BCUT2D eigenvalue weighted by molar-refractivity contribution is -0.156. The Morgan fingerprint density at radius 2 is 0.600 bits per heavy atom. The minimum atomic E-state index is -1.19. The van der Waals surface area contributed by atoms with Gasteiger partial charge in [-0.05, 0) is 220 Å². The maximum Gasteiger partial charge on any atom is 0.335 e. The average molecular weight is 2060 g/mol. The van der Waals surface area contributed by atoms with Gasteiger partial charge in [0, 0.05) is 135 Å². The van der Waals surface area contributed by atoms with E-state index in [0.717, 1.165) is 33.4 Å². The number of carbonyl (C=O) groups excluding carboxylic acids is 7. The molecule has 0 atom stereocenters. The van der Waals surface area contributed by atoms with Gasteiger partial charge in [-0.25, -0.2) is 19.9 Å². The number of likely N-dealkylation sites (N-methyl/N-ethyl adjacent to an activating group) is 1. The first-order valence-electron chi connectivity index (χ1n) is 42.5. The number of esters is 2. The summed E-state index contributed by atoms with van der Waals surface area (Å²) < 4.78 is 65.1. The number of aryl methyl sites for hydroxylation is 4. The van der Waals surface area contributed by atoms with Crippen molar-refractivity contribution < 1.29 is 88.4 Å². The molecule has 0 bridgehead atoms. The van der Waals surface area contributed by atoms with Crippen LogP contribution in [-0.2, 0) is 116 Å². The van der Waals surface area contributed by atoms with Crippen molar-refractivity contribution in [1.29, 1.82) is 0 Å². The summed E-state index contributed by atoms with van der Waals surface area (Å²) in [6, 6.07) is 48.0. The zero-order chi connectivity index (χ0) is 105. The Bertz CT molecular complexity index is 6600. The number of benzene rings is 4. The van der Waals surface area contributed by atoms with Crippen LogP contribution in [0.5, 0.6) is 0 Å². The van der Waals surface area contributed by atoms with E-state index in [1.54, 1.807) is 222 Å². The maximum absolute atomic E-state index is 13.3. The molecule has 5 amide bonds. The number of aromatic nitrogens is 8. The first-order valence-corrected chi connectivity index (χ1v) is 46.0. The number of carboxylic acids is 1. The van der Waals surface area contributed by atoms with Gasteiger partial charge >= 0.3 is 52.6 Å². The van der Waals surface area contributed by atoms with Crippen LogP contribution >= 0.6 is 46.4 Å². The topological polar surface area (TPSA) is 521 Å². The van der Waals surface area contributed by atoms with E-state index in [1.165, 1.54) is 42.9 Å². The predicted octanol–water partition coefficient (Wildman–Crippen LogP) is 10.6. The number of carbonyl (C=O) groups is 8. The van der Waals surface area contributed by atoms with Crippen LogP contribution in [0.3, 0.4) is 0 Å². The van der Waals surface area contributed by atoms with E-state index >= 15 is 0 Å². The Morgan fingerprint density at radius 3 is 0.807 bits per heavy atom. The number of hydrogen-bond acceptors (Lipinski definition) is 27. The summed E-state index contributed by atoms with van der Waals surface area (Å²) >= 11 is 21.2. The van der Waals surface area contributed by atoms with Gasteiger partial charge in [0.05, 0.1) is 0 Å². The van der Waals surface area contributed by atoms with Crippen molar-refractivity contribution in [2.24, 2.45) is 10.8 Å². The van der Waals surface area contributed by atoms with E-state index < -0.39 is 122 Å². The number of halogens is 4. The molecule has 4 aromatic carbocycles. The molecular formula is C96H108Cl4N14O23S3. The Hall–Kier alpha value is -13.4. The summed E-state index contributed by atoms with van der Waals surface area (Å²) in [6.07, 6.45) is 0. The Morgan fingerprint density at radius 1 is 0.371 bits per heavy atom. The molecule has 8 N–H and O–H groups in total. The number of nitrogens with one attached hydrogen (secondary N) is 5. The molecule has 140 heavy (non-hydrogen) atoms. The van der Waals surface area contributed by atoms with Gasteiger partial charge in [-0.3, -0.25) is 75.8 Å². The van der Waals surface area contributed by atoms with Crippen molar-refractivity contribution in [3.05, 3.63) is 299 Å². The van der Waals surface area contributed by atoms with Crippen LogP contribution in [0.15, 0.2) is 189 Å². The quantitative estimate of drug-likeness (QED) is 0.0233. The van der Waals surface area contributed by atoms with E-state index in [-0.39, 0.29) is 98.3 Å². The summed E-state index contributed by atoms with van der Waals surface area (Å²) in [5.74, 6) is -4.90. The predicted molar refractivity (Wildman–Crippen MR) is 533 cm³/mol. The van der Waals surface area contributed by atoms with Crippen molar-refractivity contribution >= 4 is 173 Å². The van der Waals surface area contributed by atoms with Gasteiger partial charge in [0.15, 0.2) is 0 Å². The number of nitrogens with zero attached hydrogens (tertiary/aromatic N) is 9. The second kappa shape index (κ2) is 55.4. The first-order chi connectivity index (χ1) is 65.8. The van der Waals surface area contributed by atoms with Crippen LogP contribution in [0.25, 0.3) is 44.1 Å². The number of hydrogen-bond donors (Lipinski definition) is 8. The number of fused-ring (bicyclic) bond motifs is 4. The van der Waals surface area contributed by atoms with Gasteiger partial charge in [-0.15, -0.1) is 0 Å². The molecule has 44 heteroatoms. The Labute approximate surface area is 835 Å². The number of pyridine rings is 8. The van der Waals surface area contributed by atoms with Crippen molar-refractivity contribution in [3.8, 4) is 0 Å². The Balaban J connectivity index is 0.000000312. The standard InChI is InChI=1S/C25H29ClN4O4.2C23H24ClN3O4.C19H16ClN3O4.C6H15NO.3O2S/c1-16-5-8-18-11-20(23(33)27-12-17-6-9-19(26)10-7-17)24(34)30(22(18)28-16)13-21(32)29(4)14-25(2,3)15-31;2*1-14-5-8-16-11-18(21(29)25-12-15-6-9-17(24)10-7-15)22(30)27(20(16)26-14)13-19(28)31-23(2,3)4;1-11-2-5-13-8-15(19(27)23(10-16(24)25)17(13)22-11)18(26)21-9-12-3-6-14(20)7-4-12;1-6(2,5-8)4-7-3;3*1-3-2/h5-11,31H,12-15H2,1-4H3,(H,27,33);2*5-11H,12-13H2,1-4H3,(H,25,29);2-8H,9-10H2,1H3,(H,21,26)(H,24,25);7-8H,4-5H2,1-3H3;;;. The van der Waals surface area contributed by atoms with Crippen molar-refractivity contribution in [2.45, 2.75) is 160 Å². The number of amides is 5. The van der Waals surface area contributed by atoms with Gasteiger partial charge in [-0.1, -0.05) is 123 Å². The molecule has 0 saturated carbocycles. The third-order valence-corrected chi connectivity index (χ3v) is 20.4. The molecule has 8 heterocycles. The highest BCUT2D eigenvalue weighted by Gasteiger charge is 2.28. The second-order valence-electron chi connectivity index (χ2n) is 34.7. The maximum atomic E-state index is 13.3. The van der Waals surface area contributed by atoms with Crippen molar-refractivity contribution in [3.63, 3.8) is 0 Å². The third kappa shape index (κ3) is 38.1. The number of aliphatic carboxylic acids is 1. The van der Waals surface area contributed by atoms with Gasteiger partial charge in [0.1, 0.15) is 82.2 Å². The molecule has 0 fully saturated rings. The largest absolute Gasteiger partial charge is 0.480 e. The fraction of sp³-hybridized carbons (Fsp3) is 0.333. The number of ether oxygens (including phenoxy) is 2. The Kier molecular flexibility index (Phi) is 46.3. The van der Waals surface area contributed by atoms with Crippen molar-refractivity contribution in [1.82, 2.24) is 69.7 Å². The highest BCUT2D eigenvalue weighted by atomic mass is 35.5. The van der Waals surface area contributed by atoms with Gasteiger partial charge < -0.3 is 56.3 Å². The number of aliphatic hydroxyl groups is 2. The number of aliphatic hydroxyl groups excluding tert-OH is 2. The van der Waals surface area contributed by atoms with E-state index in [4.69, 9.17) is 91.3 Å². The van der Waals surface area contributed by atoms with Crippen LogP contribution in [0.2, 0.25) is 20.1 Å². The molecule has 8 aromatic heterocycles. The molecular weight excluding hydrogens is 1960 g/mol. The SMILES string of the molecule is CNCC(C)(C)CO.Cc1ccc2cc(C(=O)NCc3ccc(Cl)cc3)c(=O)n(CC(=O)N(C)CC(C)(C)CO)c2n1.Cc1ccc2cc(C(=O)NCc3ccc(Cl)cc3)c(=O)n(CC(=O)O)c2n1.Cc1ccc2cc(C(=O)NCc3ccc(Cl)cc3)c(=O)n(CC(=O)OC(C)(C)C)c2n1.Cc1ccc2cc(C(=O)NCc3ccc(Cl)cc3)c(=O)n(CC(=O)OC(C)(C)C)c2n1.O=S=O.O=S=O.O=S=O. The summed E-state index contributed by atoms with van der Waals surface area (Å²) in [7, 11) is 3.51. The monoisotopic (exact) mass is 2060 g/mol. The summed E-state index contributed by atoms with van der Waals surface area (Å²) in [5.41, 5.74) is 2.52. The molecule has 746 valence electrons. The molecule has 0 spiro atoms. The van der Waals surface area contributed by atoms with Crippen LogP contribution in [0, 0.1) is 38.5 Å². The minimum absolute atomic E-state index is 0.0365. The van der Waals surface area contributed by atoms with E-state index in [0.29, 0.717) is 87.9 Å². The summed E-state index contributed by atoms with van der Waals surface area (Å²) in [4.78, 5) is 171. The zero-order valence-corrected chi connectivity index (χ0v) is 84.9. The molecule has 0 aliphatic carbocycles. The molecule has 0 radical (unpaired) electrons. The lowest BCUT2D eigenvalue weighted by atomic mass is 9.94. The fourth-order valence-electron chi connectivity index (χ4n) is 12.8. The number of carboxylic acid groups (broad SMARTS) is 1. The molecule has 0 aliphatic rings. The molecule has 0 unspecified atom stereocenters. The van der Waals surface area contributed by atoms with Crippen LogP contribution in [0.4, 0.5) is 0 Å². The first kappa shape index (κ1) is 117. The van der Waals surface area contributed by atoms with E-state index in [9.17, 15) is 62.6 Å². The van der Waals surface area contributed by atoms with Gasteiger partial charge in [0.2, 0.25) is 5.91 Å². The minimum Gasteiger partial charge on any atom is -0.480 e. The molecule has 37 nitrogen and oxygen atoms in total. The van der Waals surface area contributed by atoms with Crippen LogP contribution in [0.1, 0.15) is 156 Å². The smallest absolute Gasteiger partial charge is 0.335 e. The molecule has 0 aliphatic heterocycles. The molecule has 12 aromatic rings. The lowest BCUT2D eigenvalue weighted by Crippen LogP contribution is -2.41. The molecule has 0 saturated heterocycles. The highest BCUT2D eigenvalue weighted by Crippen LogP contribution is 2.23. The van der Waals surface area contributed by atoms with Crippen LogP contribution < -0.4 is 48.8 Å². The van der Waals surface area contributed by atoms with E-state index in [2.05, 4.69) is 46.5 Å². The van der Waals surface area contributed by atoms with Crippen LogP contribution in [-0.4, -0.2) is 183 Å². The van der Waals surface area contributed by atoms with Gasteiger partial charge in [-0.2, -0.15) is 25.3 Å². The second-order valence-corrected chi connectivity index (χ2v) is 36.8. The third-order valence-electron chi connectivity index (χ3n) is 19.3. The molecule has 12 rings (SSSR count). The lowest BCUT2D eigenvalue weighted by Gasteiger charge is -2.28. The number of rotatable bonds is 26. The van der Waals surface area contributed by atoms with Crippen molar-refractivity contribution in [2.75, 3.05) is 40.4 Å². The normalized spacial score (nSPS) is 10.8.